The van der Waals surface area contributed by atoms with Gasteiger partial charge in [0.1, 0.15) is 5.82 Å². The quantitative estimate of drug-likeness (QED) is 0.698. The lowest BCUT2D eigenvalue weighted by Gasteiger charge is -2.15. The third-order valence-corrected chi connectivity index (χ3v) is 3.01. The SMILES string of the molecule is Cc1nc2c(n1C1CC1)CCNC2. The smallest absolute Gasteiger partial charge is 0.106 e. The van der Waals surface area contributed by atoms with Crippen molar-refractivity contribution in [1.29, 1.82) is 0 Å². The van der Waals surface area contributed by atoms with Gasteiger partial charge in [0, 0.05) is 31.2 Å². The molecule has 1 saturated carbocycles. The summed E-state index contributed by atoms with van der Waals surface area (Å²) < 4.78 is 2.47. The van der Waals surface area contributed by atoms with E-state index >= 15 is 0 Å². The van der Waals surface area contributed by atoms with Crippen LogP contribution in [-0.4, -0.2) is 16.1 Å². The highest BCUT2D eigenvalue weighted by Gasteiger charge is 2.29. The molecule has 1 N–H and O–H groups in total. The Morgan fingerprint density at radius 2 is 2.31 bits per heavy atom. The summed E-state index contributed by atoms with van der Waals surface area (Å²) in [6.45, 7) is 4.22. The zero-order valence-corrected chi connectivity index (χ0v) is 8.01. The number of fused-ring (bicyclic) bond motifs is 1. The van der Waals surface area contributed by atoms with Crippen molar-refractivity contribution in [2.24, 2.45) is 0 Å². The van der Waals surface area contributed by atoms with Crippen LogP contribution in [0, 0.1) is 6.92 Å². The molecule has 0 radical (unpaired) electrons. The van der Waals surface area contributed by atoms with Gasteiger partial charge in [-0.2, -0.15) is 0 Å². The van der Waals surface area contributed by atoms with Crippen molar-refractivity contribution in [2.75, 3.05) is 6.54 Å². The number of rotatable bonds is 1. The maximum Gasteiger partial charge on any atom is 0.106 e. The predicted octanol–water partition coefficient (Wildman–Crippen LogP) is 1.17. The van der Waals surface area contributed by atoms with Crippen LogP contribution in [0.25, 0.3) is 0 Å². The molecule has 2 aliphatic rings. The Kier molecular flexibility index (Phi) is 1.50. The van der Waals surface area contributed by atoms with Gasteiger partial charge in [-0.15, -0.1) is 0 Å². The Hall–Kier alpha value is -0.830. The number of imidazole rings is 1. The van der Waals surface area contributed by atoms with Gasteiger partial charge < -0.3 is 9.88 Å². The van der Waals surface area contributed by atoms with E-state index in [9.17, 15) is 0 Å². The van der Waals surface area contributed by atoms with Gasteiger partial charge in [-0.1, -0.05) is 0 Å². The van der Waals surface area contributed by atoms with Gasteiger partial charge in [-0.05, 0) is 19.8 Å². The molecule has 1 fully saturated rings. The van der Waals surface area contributed by atoms with Crippen molar-refractivity contribution in [1.82, 2.24) is 14.9 Å². The highest BCUT2D eigenvalue weighted by atomic mass is 15.2. The number of hydrogen-bond acceptors (Lipinski definition) is 2. The van der Waals surface area contributed by atoms with E-state index in [2.05, 4.69) is 21.8 Å². The average Bonchev–Trinajstić information content (AvgIpc) is 2.88. The largest absolute Gasteiger partial charge is 0.329 e. The maximum atomic E-state index is 4.61. The lowest BCUT2D eigenvalue weighted by molar-refractivity contribution is 0.589. The molecule has 1 aromatic rings. The summed E-state index contributed by atoms with van der Waals surface area (Å²) in [4.78, 5) is 4.61. The average molecular weight is 177 g/mol. The van der Waals surface area contributed by atoms with Crippen LogP contribution in [0.1, 0.15) is 36.1 Å². The molecule has 0 atom stereocenters. The molecule has 2 heterocycles. The van der Waals surface area contributed by atoms with Crippen molar-refractivity contribution in [2.45, 2.75) is 38.8 Å². The second-order valence-electron chi connectivity index (χ2n) is 4.08. The van der Waals surface area contributed by atoms with Crippen LogP contribution in [0.2, 0.25) is 0 Å². The van der Waals surface area contributed by atoms with Crippen LogP contribution < -0.4 is 5.32 Å². The van der Waals surface area contributed by atoms with Gasteiger partial charge in [0.2, 0.25) is 0 Å². The van der Waals surface area contributed by atoms with Crippen molar-refractivity contribution < 1.29 is 0 Å². The summed E-state index contributed by atoms with van der Waals surface area (Å²) in [6.07, 6.45) is 3.88. The summed E-state index contributed by atoms with van der Waals surface area (Å²) >= 11 is 0. The number of hydrogen-bond donors (Lipinski definition) is 1. The Labute approximate surface area is 78.2 Å². The molecule has 1 aromatic heterocycles. The molecular formula is C10H15N3. The molecule has 0 bridgehead atoms. The molecule has 1 aliphatic heterocycles. The molecule has 0 amide bonds. The number of aromatic nitrogens is 2. The second-order valence-corrected chi connectivity index (χ2v) is 4.08. The van der Waals surface area contributed by atoms with Crippen LogP contribution in [0.5, 0.6) is 0 Å². The minimum atomic E-state index is 0.786. The van der Waals surface area contributed by atoms with E-state index < -0.39 is 0 Å². The highest BCUT2D eigenvalue weighted by molar-refractivity contribution is 5.21. The van der Waals surface area contributed by atoms with E-state index in [1.165, 1.54) is 30.1 Å². The van der Waals surface area contributed by atoms with Crippen molar-refractivity contribution in [3.8, 4) is 0 Å². The number of aryl methyl sites for hydroxylation is 1. The molecule has 0 saturated heterocycles. The summed E-state index contributed by atoms with van der Waals surface area (Å²) in [5.41, 5.74) is 2.79. The van der Waals surface area contributed by atoms with Crippen molar-refractivity contribution in [3.05, 3.63) is 17.2 Å². The highest BCUT2D eigenvalue weighted by Crippen LogP contribution is 2.38. The van der Waals surface area contributed by atoms with E-state index in [1.807, 2.05) is 0 Å². The fraction of sp³-hybridized carbons (Fsp3) is 0.700. The second kappa shape index (κ2) is 2.58. The normalized spacial score (nSPS) is 21.6. The molecule has 3 rings (SSSR count). The molecular weight excluding hydrogens is 162 g/mol. The van der Waals surface area contributed by atoms with Crippen LogP contribution >= 0.6 is 0 Å². The van der Waals surface area contributed by atoms with Gasteiger partial charge >= 0.3 is 0 Å². The Morgan fingerprint density at radius 3 is 3.08 bits per heavy atom. The topological polar surface area (TPSA) is 29.9 Å². The van der Waals surface area contributed by atoms with Crippen LogP contribution in [-0.2, 0) is 13.0 Å². The van der Waals surface area contributed by atoms with Crippen molar-refractivity contribution in [3.63, 3.8) is 0 Å². The van der Waals surface area contributed by atoms with E-state index in [1.54, 1.807) is 0 Å². The number of nitrogens with one attached hydrogen (secondary N) is 1. The Balaban J connectivity index is 2.10. The maximum absolute atomic E-state index is 4.61. The van der Waals surface area contributed by atoms with Crippen LogP contribution in [0.4, 0.5) is 0 Å². The van der Waals surface area contributed by atoms with Gasteiger partial charge in [0.25, 0.3) is 0 Å². The van der Waals surface area contributed by atoms with E-state index in [-0.39, 0.29) is 0 Å². The van der Waals surface area contributed by atoms with Gasteiger partial charge in [0.05, 0.1) is 5.69 Å². The minimum absolute atomic E-state index is 0.786. The Morgan fingerprint density at radius 1 is 1.46 bits per heavy atom. The number of nitrogens with zero attached hydrogens (tertiary/aromatic N) is 2. The first-order chi connectivity index (χ1) is 6.36. The summed E-state index contributed by atoms with van der Waals surface area (Å²) in [5.74, 6) is 1.22. The predicted molar refractivity (Wildman–Crippen MR) is 50.6 cm³/mol. The Bertz CT molecular complexity index is 336. The van der Waals surface area contributed by atoms with Crippen LogP contribution in [0.3, 0.4) is 0 Å². The lowest BCUT2D eigenvalue weighted by Crippen LogP contribution is -2.24. The van der Waals surface area contributed by atoms with E-state index in [0.717, 1.165) is 25.6 Å². The summed E-state index contributed by atoms with van der Waals surface area (Å²) in [6, 6.07) is 0.786. The standard InChI is InChI=1S/C10H15N3/c1-7-12-9-6-11-5-4-10(9)13(7)8-2-3-8/h8,11H,2-6H2,1H3. The fourth-order valence-corrected chi connectivity index (χ4v) is 2.29. The van der Waals surface area contributed by atoms with Gasteiger partial charge in [0.15, 0.2) is 0 Å². The molecule has 3 heteroatoms. The molecule has 0 aromatic carbocycles. The van der Waals surface area contributed by atoms with E-state index in [4.69, 9.17) is 0 Å². The minimum Gasteiger partial charge on any atom is -0.329 e. The lowest BCUT2D eigenvalue weighted by atomic mass is 10.2. The summed E-state index contributed by atoms with van der Waals surface area (Å²) in [5, 5.41) is 3.36. The molecule has 70 valence electrons. The van der Waals surface area contributed by atoms with Gasteiger partial charge in [-0.3, -0.25) is 0 Å². The van der Waals surface area contributed by atoms with E-state index in [0.29, 0.717) is 0 Å². The van der Waals surface area contributed by atoms with Crippen molar-refractivity contribution >= 4 is 0 Å². The molecule has 1 aliphatic carbocycles. The first kappa shape index (κ1) is 7.56. The van der Waals surface area contributed by atoms with Crippen LogP contribution in [0.15, 0.2) is 0 Å². The molecule has 0 unspecified atom stereocenters. The first-order valence-corrected chi connectivity index (χ1v) is 5.13. The molecule has 3 nitrogen and oxygen atoms in total. The zero-order valence-electron chi connectivity index (χ0n) is 8.01. The summed E-state index contributed by atoms with van der Waals surface area (Å²) in [7, 11) is 0. The first-order valence-electron chi connectivity index (χ1n) is 5.13. The zero-order chi connectivity index (χ0) is 8.84. The third-order valence-electron chi connectivity index (χ3n) is 3.01. The molecule has 0 spiro atoms. The third kappa shape index (κ3) is 1.10. The fourth-order valence-electron chi connectivity index (χ4n) is 2.29. The molecule has 13 heavy (non-hydrogen) atoms. The van der Waals surface area contributed by atoms with Gasteiger partial charge in [-0.25, -0.2) is 4.98 Å². The monoisotopic (exact) mass is 177 g/mol.